The van der Waals surface area contributed by atoms with Crippen LogP contribution in [0, 0.1) is 5.92 Å². The standard InChI is InChI=1S/C18H32N6.HI/c1-19-18(20-8-4-15-5-9-22(2)10-6-15)24-11-7-16(14-24)17-12-21-23(3)13-17;/h12-13,15-16H,4-11,14H2,1-3H3,(H,19,20);1H. The van der Waals surface area contributed by atoms with E-state index in [1.807, 2.05) is 25.0 Å². The molecule has 1 unspecified atom stereocenters. The lowest BCUT2D eigenvalue weighted by molar-refractivity contribution is 0.212. The Hall–Kier alpha value is -0.830. The molecular weight excluding hydrogens is 427 g/mol. The topological polar surface area (TPSA) is 48.7 Å². The van der Waals surface area contributed by atoms with Gasteiger partial charge in [0, 0.05) is 45.8 Å². The van der Waals surface area contributed by atoms with E-state index in [-0.39, 0.29) is 24.0 Å². The van der Waals surface area contributed by atoms with E-state index in [1.54, 1.807) is 0 Å². The Labute approximate surface area is 169 Å². The third-order valence-corrected chi connectivity index (χ3v) is 5.57. The van der Waals surface area contributed by atoms with Gasteiger partial charge in [-0.15, -0.1) is 24.0 Å². The summed E-state index contributed by atoms with van der Waals surface area (Å²) >= 11 is 0. The normalized spacial score (nSPS) is 22.9. The summed E-state index contributed by atoms with van der Waals surface area (Å²) in [5.74, 6) is 2.51. The minimum Gasteiger partial charge on any atom is -0.356 e. The van der Waals surface area contributed by atoms with Gasteiger partial charge in [-0.1, -0.05) is 0 Å². The van der Waals surface area contributed by atoms with Crippen molar-refractivity contribution in [3.63, 3.8) is 0 Å². The van der Waals surface area contributed by atoms with Crippen LogP contribution in [0.5, 0.6) is 0 Å². The van der Waals surface area contributed by atoms with Gasteiger partial charge in [-0.25, -0.2) is 0 Å². The predicted octanol–water partition coefficient (Wildman–Crippen LogP) is 2.13. The van der Waals surface area contributed by atoms with Crippen LogP contribution in [0.3, 0.4) is 0 Å². The average Bonchev–Trinajstić information content (AvgIpc) is 3.22. The molecule has 0 saturated carbocycles. The monoisotopic (exact) mass is 460 g/mol. The van der Waals surface area contributed by atoms with E-state index in [9.17, 15) is 0 Å². The Kier molecular flexibility index (Phi) is 7.99. The van der Waals surface area contributed by atoms with Gasteiger partial charge in [0.05, 0.1) is 6.20 Å². The number of aryl methyl sites for hydroxylation is 1. The molecule has 0 amide bonds. The Morgan fingerprint density at radius 2 is 2.00 bits per heavy atom. The quantitative estimate of drug-likeness (QED) is 0.425. The Balaban J connectivity index is 0.00000225. The van der Waals surface area contributed by atoms with Crippen LogP contribution >= 0.6 is 24.0 Å². The Morgan fingerprint density at radius 1 is 1.24 bits per heavy atom. The lowest BCUT2D eigenvalue weighted by Crippen LogP contribution is -2.41. The van der Waals surface area contributed by atoms with Crippen molar-refractivity contribution >= 4 is 29.9 Å². The number of aliphatic imine (C=N–C) groups is 1. The highest BCUT2D eigenvalue weighted by Gasteiger charge is 2.27. The molecule has 2 aliphatic heterocycles. The minimum absolute atomic E-state index is 0. The van der Waals surface area contributed by atoms with Crippen molar-refractivity contribution in [1.82, 2.24) is 24.9 Å². The van der Waals surface area contributed by atoms with Gasteiger partial charge in [0.1, 0.15) is 0 Å². The molecule has 0 spiro atoms. The fraction of sp³-hybridized carbons (Fsp3) is 0.778. The van der Waals surface area contributed by atoms with E-state index in [2.05, 4.69) is 38.5 Å². The van der Waals surface area contributed by atoms with Gasteiger partial charge in [-0.3, -0.25) is 9.67 Å². The van der Waals surface area contributed by atoms with Gasteiger partial charge in [0.25, 0.3) is 0 Å². The van der Waals surface area contributed by atoms with Crippen LogP contribution in [-0.2, 0) is 7.05 Å². The van der Waals surface area contributed by atoms with Crippen LogP contribution in [0.25, 0.3) is 0 Å². The molecule has 6 nitrogen and oxygen atoms in total. The zero-order chi connectivity index (χ0) is 16.9. The molecule has 0 bridgehead atoms. The van der Waals surface area contributed by atoms with Crippen molar-refractivity contribution in [2.75, 3.05) is 46.8 Å². The van der Waals surface area contributed by atoms with E-state index < -0.39 is 0 Å². The van der Waals surface area contributed by atoms with Crippen LogP contribution in [0.1, 0.15) is 37.2 Å². The van der Waals surface area contributed by atoms with Crippen LogP contribution in [0.15, 0.2) is 17.4 Å². The Morgan fingerprint density at radius 3 is 2.64 bits per heavy atom. The van der Waals surface area contributed by atoms with Gasteiger partial charge >= 0.3 is 0 Å². The zero-order valence-corrected chi connectivity index (χ0v) is 18.1. The van der Waals surface area contributed by atoms with Gasteiger partial charge < -0.3 is 15.1 Å². The van der Waals surface area contributed by atoms with Crippen molar-refractivity contribution in [2.45, 2.75) is 31.6 Å². The molecule has 1 aromatic rings. The molecular formula is C18H33IN6. The first-order valence-electron chi connectivity index (χ1n) is 9.28. The second kappa shape index (κ2) is 9.75. The smallest absolute Gasteiger partial charge is 0.193 e. The third-order valence-electron chi connectivity index (χ3n) is 5.57. The molecule has 0 aliphatic carbocycles. The molecule has 3 heterocycles. The number of aromatic nitrogens is 2. The first-order chi connectivity index (χ1) is 11.7. The van der Waals surface area contributed by atoms with Crippen molar-refractivity contribution in [3.8, 4) is 0 Å². The molecule has 0 radical (unpaired) electrons. The summed E-state index contributed by atoms with van der Waals surface area (Å²) in [5, 5.41) is 7.90. The number of hydrogen-bond acceptors (Lipinski definition) is 3. The summed E-state index contributed by atoms with van der Waals surface area (Å²) in [5.41, 5.74) is 1.35. The molecule has 25 heavy (non-hydrogen) atoms. The molecule has 1 aromatic heterocycles. The molecule has 1 atom stereocenters. The second-order valence-electron chi connectivity index (χ2n) is 7.39. The fourth-order valence-electron chi connectivity index (χ4n) is 3.95. The largest absolute Gasteiger partial charge is 0.356 e. The number of nitrogens with zero attached hydrogens (tertiary/aromatic N) is 5. The van der Waals surface area contributed by atoms with E-state index in [0.717, 1.165) is 31.5 Å². The maximum atomic E-state index is 4.50. The van der Waals surface area contributed by atoms with E-state index >= 15 is 0 Å². The lowest BCUT2D eigenvalue weighted by atomic mass is 9.94. The highest BCUT2D eigenvalue weighted by molar-refractivity contribution is 14.0. The number of piperidine rings is 1. The van der Waals surface area contributed by atoms with Gasteiger partial charge in [0.2, 0.25) is 0 Å². The summed E-state index contributed by atoms with van der Waals surface area (Å²) in [6.07, 6.45) is 9.26. The number of rotatable bonds is 4. The first kappa shape index (κ1) is 20.5. The molecule has 3 rings (SSSR count). The maximum Gasteiger partial charge on any atom is 0.193 e. The molecule has 7 heteroatoms. The number of hydrogen-bond donors (Lipinski definition) is 1. The van der Waals surface area contributed by atoms with Crippen molar-refractivity contribution in [1.29, 1.82) is 0 Å². The van der Waals surface area contributed by atoms with E-state index in [0.29, 0.717) is 5.92 Å². The molecule has 2 saturated heterocycles. The number of halogens is 1. The van der Waals surface area contributed by atoms with Crippen molar-refractivity contribution in [2.24, 2.45) is 18.0 Å². The SMILES string of the molecule is CN=C(NCCC1CCN(C)CC1)N1CCC(c2cnn(C)c2)C1.I. The lowest BCUT2D eigenvalue weighted by Gasteiger charge is -2.29. The van der Waals surface area contributed by atoms with E-state index in [4.69, 9.17) is 0 Å². The number of guanidine groups is 1. The molecule has 0 aromatic carbocycles. The van der Waals surface area contributed by atoms with Gasteiger partial charge in [-0.2, -0.15) is 5.10 Å². The highest BCUT2D eigenvalue weighted by Crippen LogP contribution is 2.26. The zero-order valence-electron chi connectivity index (χ0n) is 15.8. The summed E-state index contributed by atoms with van der Waals surface area (Å²) in [4.78, 5) is 9.33. The maximum absolute atomic E-state index is 4.50. The van der Waals surface area contributed by atoms with Crippen LogP contribution in [0.2, 0.25) is 0 Å². The molecule has 1 N–H and O–H groups in total. The van der Waals surface area contributed by atoms with Gasteiger partial charge in [0.15, 0.2) is 5.96 Å². The number of likely N-dealkylation sites (tertiary alicyclic amines) is 2. The fourth-order valence-corrected chi connectivity index (χ4v) is 3.95. The van der Waals surface area contributed by atoms with Crippen molar-refractivity contribution in [3.05, 3.63) is 18.0 Å². The molecule has 142 valence electrons. The van der Waals surface area contributed by atoms with Gasteiger partial charge in [-0.05, 0) is 57.3 Å². The summed E-state index contributed by atoms with van der Waals surface area (Å²) in [7, 11) is 6.11. The van der Waals surface area contributed by atoms with Crippen LogP contribution < -0.4 is 5.32 Å². The molecule has 2 fully saturated rings. The van der Waals surface area contributed by atoms with Crippen molar-refractivity contribution < 1.29 is 0 Å². The molecule has 2 aliphatic rings. The minimum atomic E-state index is 0. The van der Waals surface area contributed by atoms with Crippen LogP contribution in [-0.4, -0.2) is 72.4 Å². The average molecular weight is 460 g/mol. The Bertz CT molecular complexity index is 550. The highest BCUT2D eigenvalue weighted by atomic mass is 127. The third kappa shape index (κ3) is 5.57. The van der Waals surface area contributed by atoms with E-state index in [1.165, 1.54) is 44.3 Å². The first-order valence-corrected chi connectivity index (χ1v) is 9.28. The summed E-state index contributed by atoms with van der Waals surface area (Å²) in [6, 6.07) is 0. The summed E-state index contributed by atoms with van der Waals surface area (Å²) in [6.45, 7) is 5.65. The predicted molar refractivity (Wildman–Crippen MR) is 114 cm³/mol. The summed E-state index contributed by atoms with van der Waals surface area (Å²) < 4.78 is 1.90. The number of nitrogens with one attached hydrogen (secondary N) is 1. The second-order valence-corrected chi connectivity index (χ2v) is 7.39. The van der Waals surface area contributed by atoms with Crippen LogP contribution in [0.4, 0.5) is 0 Å².